The first kappa shape index (κ1) is 16.1. The molecule has 1 aliphatic rings. The molecule has 0 bridgehead atoms. The van der Waals surface area contributed by atoms with E-state index < -0.39 is 0 Å². The van der Waals surface area contributed by atoms with Gasteiger partial charge in [0.05, 0.1) is 6.54 Å². The SMILES string of the molecule is Cc1nc(CN(C)CC2CCN(Cc3ccccc3)CC2)n[nH]1. The van der Waals surface area contributed by atoms with Crippen LogP contribution < -0.4 is 0 Å². The summed E-state index contributed by atoms with van der Waals surface area (Å²) in [5, 5.41) is 7.13. The standard InChI is InChI=1S/C18H27N5/c1-15-19-18(21-20-15)14-22(2)12-17-8-10-23(11-9-17)13-16-6-4-3-5-7-16/h3-7,17H,8-14H2,1-2H3,(H,19,20,21). The summed E-state index contributed by atoms with van der Waals surface area (Å²) < 4.78 is 0. The molecule has 1 aliphatic heterocycles. The van der Waals surface area contributed by atoms with Crippen LogP contribution in [0.25, 0.3) is 0 Å². The van der Waals surface area contributed by atoms with Gasteiger partial charge in [0.25, 0.3) is 0 Å². The minimum Gasteiger partial charge on any atom is -0.299 e. The lowest BCUT2D eigenvalue weighted by Crippen LogP contribution is -2.37. The van der Waals surface area contributed by atoms with E-state index in [1.165, 1.54) is 31.5 Å². The predicted octanol–water partition coefficient (Wildman–Crippen LogP) is 2.46. The molecule has 5 heteroatoms. The number of nitrogens with one attached hydrogen (secondary N) is 1. The molecule has 5 nitrogen and oxygen atoms in total. The number of hydrogen-bond acceptors (Lipinski definition) is 4. The third-order valence-electron chi connectivity index (χ3n) is 4.58. The maximum Gasteiger partial charge on any atom is 0.164 e. The molecule has 2 aromatic rings. The van der Waals surface area contributed by atoms with Gasteiger partial charge in [-0.05, 0) is 51.4 Å². The Hall–Kier alpha value is -1.72. The molecule has 0 saturated carbocycles. The fourth-order valence-corrected chi connectivity index (χ4v) is 3.38. The molecule has 0 atom stereocenters. The van der Waals surface area contributed by atoms with E-state index in [1.807, 2.05) is 6.92 Å². The molecule has 0 unspecified atom stereocenters. The van der Waals surface area contributed by atoms with E-state index in [9.17, 15) is 0 Å². The molecular formula is C18H27N5. The van der Waals surface area contributed by atoms with Crippen molar-refractivity contribution in [3.8, 4) is 0 Å². The van der Waals surface area contributed by atoms with Gasteiger partial charge in [0.2, 0.25) is 0 Å². The second kappa shape index (κ2) is 7.70. The number of H-pyrrole nitrogens is 1. The summed E-state index contributed by atoms with van der Waals surface area (Å²) in [5.41, 5.74) is 1.42. The molecule has 1 aromatic heterocycles. The Labute approximate surface area is 138 Å². The quantitative estimate of drug-likeness (QED) is 0.890. The zero-order valence-electron chi connectivity index (χ0n) is 14.2. The maximum atomic E-state index is 4.39. The molecule has 1 aromatic carbocycles. The highest BCUT2D eigenvalue weighted by atomic mass is 15.2. The summed E-state index contributed by atoms with van der Waals surface area (Å²) in [5.74, 6) is 2.57. The van der Waals surface area contributed by atoms with Gasteiger partial charge < -0.3 is 0 Å². The van der Waals surface area contributed by atoms with Crippen LogP contribution in [-0.4, -0.2) is 51.7 Å². The summed E-state index contributed by atoms with van der Waals surface area (Å²) in [6, 6.07) is 10.8. The van der Waals surface area contributed by atoms with E-state index in [0.717, 1.165) is 37.2 Å². The minimum atomic E-state index is 0.784. The van der Waals surface area contributed by atoms with Gasteiger partial charge >= 0.3 is 0 Å². The van der Waals surface area contributed by atoms with E-state index >= 15 is 0 Å². The fourth-order valence-electron chi connectivity index (χ4n) is 3.38. The Morgan fingerprint density at radius 3 is 2.61 bits per heavy atom. The van der Waals surface area contributed by atoms with Gasteiger partial charge in [-0.2, -0.15) is 5.10 Å². The van der Waals surface area contributed by atoms with Crippen LogP contribution >= 0.6 is 0 Å². The maximum absolute atomic E-state index is 4.39. The van der Waals surface area contributed by atoms with E-state index in [0.29, 0.717) is 0 Å². The zero-order chi connectivity index (χ0) is 16.1. The average Bonchev–Trinajstić information content (AvgIpc) is 2.95. The monoisotopic (exact) mass is 313 g/mol. The topological polar surface area (TPSA) is 48.1 Å². The predicted molar refractivity (Wildman–Crippen MR) is 91.9 cm³/mol. The smallest absolute Gasteiger partial charge is 0.164 e. The number of aromatic nitrogens is 3. The molecule has 2 heterocycles. The van der Waals surface area contributed by atoms with Crippen molar-refractivity contribution >= 4 is 0 Å². The Morgan fingerprint density at radius 1 is 1.22 bits per heavy atom. The molecular weight excluding hydrogens is 286 g/mol. The first-order valence-corrected chi connectivity index (χ1v) is 8.52. The van der Waals surface area contributed by atoms with E-state index in [1.54, 1.807) is 0 Å². The highest BCUT2D eigenvalue weighted by molar-refractivity contribution is 5.14. The van der Waals surface area contributed by atoms with Gasteiger partial charge in [0.15, 0.2) is 5.82 Å². The number of piperidine rings is 1. The lowest BCUT2D eigenvalue weighted by molar-refractivity contribution is 0.146. The summed E-state index contributed by atoms with van der Waals surface area (Å²) in [7, 11) is 2.17. The normalized spacial score (nSPS) is 17.0. The van der Waals surface area contributed by atoms with E-state index in [-0.39, 0.29) is 0 Å². The third-order valence-corrected chi connectivity index (χ3v) is 4.58. The van der Waals surface area contributed by atoms with Crippen molar-refractivity contribution < 1.29 is 0 Å². The number of hydrogen-bond donors (Lipinski definition) is 1. The number of aromatic amines is 1. The number of benzene rings is 1. The summed E-state index contributed by atoms with van der Waals surface area (Å²) in [6.07, 6.45) is 2.56. The zero-order valence-corrected chi connectivity index (χ0v) is 14.2. The molecule has 0 amide bonds. The van der Waals surface area contributed by atoms with Gasteiger partial charge in [0.1, 0.15) is 5.82 Å². The second-order valence-corrected chi connectivity index (χ2v) is 6.74. The van der Waals surface area contributed by atoms with Crippen LogP contribution in [0, 0.1) is 12.8 Å². The van der Waals surface area contributed by atoms with Crippen molar-refractivity contribution in [2.24, 2.45) is 5.92 Å². The van der Waals surface area contributed by atoms with E-state index in [2.05, 4.69) is 62.4 Å². The fraction of sp³-hybridized carbons (Fsp3) is 0.556. The number of aryl methyl sites for hydroxylation is 1. The van der Waals surface area contributed by atoms with Crippen molar-refractivity contribution in [3.05, 3.63) is 47.5 Å². The molecule has 124 valence electrons. The van der Waals surface area contributed by atoms with Gasteiger partial charge in [0, 0.05) is 13.1 Å². The molecule has 0 spiro atoms. The Bertz CT molecular complexity index is 586. The van der Waals surface area contributed by atoms with Crippen LogP contribution in [0.15, 0.2) is 30.3 Å². The second-order valence-electron chi connectivity index (χ2n) is 6.74. The molecule has 1 saturated heterocycles. The number of rotatable bonds is 6. The van der Waals surface area contributed by atoms with Gasteiger partial charge in [-0.3, -0.25) is 14.9 Å². The summed E-state index contributed by atoms with van der Waals surface area (Å²) >= 11 is 0. The van der Waals surface area contributed by atoms with E-state index in [4.69, 9.17) is 0 Å². The third kappa shape index (κ3) is 4.88. The minimum absolute atomic E-state index is 0.784. The van der Waals surface area contributed by atoms with Gasteiger partial charge in [-0.1, -0.05) is 30.3 Å². The first-order valence-electron chi connectivity index (χ1n) is 8.52. The van der Waals surface area contributed by atoms with Gasteiger partial charge in [-0.15, -0.1) is 0 Å². The molecule has 0 radical (unpaired) electrons. The molecule has 1 N–H and O–H groups in total. The van der Waals surface area contributed by atoms with Crippen LogP contribution in [-0.2, 0) is 13.1 Å². The van der Waals surface area contributed by atoms with Crippen LogP contribution in [0.2, 0.25) is 0 Å². The van der Waals surface area contributed by atoms with Crippen LogP contribution in [0.1, 0.15) is 30.1 Å². The lowest BCUT2D eigenvalue weighted by atomic mass is 9.96. The van der Waals surface area contributed by atoms with Crippen LogP contribution in [0.5, 0.6) is 0 Å². The van der Waals surface area contributed by atoms with Crippen molar-refractivity contribution in [2.45, 2.75) is 32.9 Å². The highest BCUT2D eigenvalue weighted by Crippen LogP contribution is 2.20. The Kier molecular flexibility index (Phi) is 5.41. The lowest BCUT2D eigenvalue weighted by Gasteiger charge is -2.33. The van der Waals surface area contributed by atoms with Crippen molar-refractivity contribution in [1.29, 1.82) is 0 Å². The molecule has 1 fully saturated rings. The van der Waals surface area contributed by atoms with Crippen LogP contribution in [0.3, 0.4) is 0 Å². The van der Waals surface area contributed by atoms with Crippen molar-refractivity contribution in [2.75, 3.05) is 26.7 Å². The summed E-state index contributed by atoms with van der Waals surface area (Å²) in [4.78, 5) is 9.31. The largest absolute Gasteiger partial charge is 0.299 e. The number of likely N-dealkylation sites (tertiary alicyclic amines) is 1. The van der Waals surface area contributed by atoms with Crippen LogP contribution in [0.4, 0.5) is 0 Å². The highest BCUT2D eigenvalue weighted by Gasteiger charge is 2.20. The van der Waals surface area contributed by atoms with Gasteiger partial charge in [-0.25, -0.2) is 4.98 Å². The Morgan fingerprint density at radius 2 is 1.96 bits per heavy atom. The molecule has 3 rings (SSSR count). The Balaban J connectivity index is 1.40. The van der Waals surface area contributed by atoms with Crippen molar-refractivity contribution in [3.63, 3.8) is 0 Å². The average molecular weight is 313 g/mol. The van der Waals surface area contributed by atoms with Crippen molar-refractivity contribution in [1.82, 2.24) is 25.0 Å². The summed E-state index contributed by atoms with van der Waals surface area (Å²) in [6.45, 7) is 7.39. The molecule has 0 aliphatic carbocycles. The molecule has 23 heavy (non-hydrogen) atoms. The first-order chi connectivity index (χ1) is 11.2. The number of nitrogens with zero attached hydrogens (tertiary/aromatic N) is 4.